The highest BCUT2D eigenvalue weighted by atomic mass is 16.2. The van der Waals surface area contributed by atoms with Crippen LogP contribution in [0.2, 0.25) is 0 Å². The normalized spacial score (nSPS) is 9.74. The zero-order chi connectivity index (χ0) is 14.3. The number of pyridine rings is 1. The number of aromatic nitrogens is 1. The number of carbonyl (C=O) groups is 3. The van der Waals surface area contributed by atoms with E-state index < -0.39 is 11.9 Å². The minimum absolute atomic E-state index is 0.0923. The molecule has 1 aromatic heterocycles. The number of rotatable bonds is 5. The van der Waals surface area contributed by atoms with Gasteiger partial charge in [-0.2, -0.15) is 0 Å². The van der Waals surface area contributed by atoms with Crippen molar-refractivity contribution in [2.24, 2.45) is 5.73 Å². The van der Waals surface area contributed by atoms with Gasteiger partial charge in [0.2, 0.25) is 11.8 Å². The third-order valence-corrected chi connectivity index (χ3v) is 2.43. The Bertz CT molecular complexity index is 461. The number of amides is 4. The van der Waals surface area contributed by atoms with E-state index in [9.17, 15) is 14.4 Å². The average Bonchev–Trinajstić information content (AvgIpc) is 2.38. The molecule has 1 heterocycles. The number of urea groups is 1. The summed E-state index contributed by atoms with van der Waals surface area (Å²) in [5.41, 5.74) is 4.95. The first-order valence-corrected chi connectivity index (χ1v) is 5.77. The summed E-state index contributed by atoms with van der Waals surface area (Å²) in [6, 6.07) is 4.37. The first kappa shape index (κ1) is 14.6. The molecule has 0 unspecified atom stereocenters. The lowest BCUT2D eigenvalue weighted by Crippen LogP contribution is -2.37. The number of imide groups is 1. The predicted octanol–water partition coefficient (Wildman–Crippen LogP) is 0.727. The van der Waals surface area contributed by atoms with Crippen LogP contribution in [-0.4, -0.2) is 34.8 Å². The van der Waals surface area contributed by atoms with Crippen molar-refractivity contribution in [3.8, 4) is 0 Å². The van der Waals surface area contributed by atoms with E-state index in [0.717, 1.165) is 4.90 Å². The van der Waals surface area contributed by atoms with E-state index in [1.807, 2.05) is 0 Å². The minimum Gasteiger partial charge on any atom is -0.351 e. The van der Waals surface area contributed by atoms with Gasteiger partial charge in [-0.1, -0.05) is 6.07 Å². The Kier molecular flexibility index (Phi) is 5.46. The Hall–Kier alpha value is -2.44. The van der Waals surface area contributed by atoms with Gasteiger partial charge in [0.1, 0.15) is 5.82 Å². The van der Waals surface area contributed by atoms with Crippen molar-refractivity contribution < 1.29 is 14.4 Å². The Morgan fingerprint density at radius 1 is 1.32 bits per heavy atom. The number of anilines is 1. The Morgan fingerprint density at radius 2 is 2.05 bits per heavy atom. The molecule has 0 bridgehead atoms. The van der Waals surface area contributed by atoms with Crippen molar-refractivity contribution in [3.63, 3.8) is 0 Å². The Morgan fingerprint density at radius 3 is 2.63 bits per heavy atom. The van der Waals surface area contributed by atoms with Gasteiger partial charge in [-0.05, 0) is 18.6 Å². The molecule has 3 N–H and O–H groups in total. The van der Waals surface area contributed by atoms with Crippen LogP contribution in [0, 0.1) is 0 Å². The molecule has 7 heteroatoms. The summed E-state index contributed by atoms with van der Waals surface area (Å²) in [7, 11) is 1.30. The van der Waals surface area contributed by atoms with Crippen molar-refractivity contribution in [2.45, 2.75) is 19.3 Å². The van der Waals surface area contributed by atoms with Crippen LogP contribution in [0.1, 0.15) is 19.3 Å². The van der Waals surface area contributed by atoms with Crippen LogP contribution in [-0.2, 0) is 9.59 Å². The zero-order valence-electron chi connectivity index (χ0n) is 10.6. The highest BCUT2D eigenvalue weighted by Gasteiger charge is 2.13. The molecule has 4 amide bonds. The van der Waals surface area contributed by atoms with E-state index in [4.69, 9.17) is 5.73 Å². The van der Waals surface area contributed by atoms with Gasteiger partial charge in [0.15, 0.2) is 0 Å². The second-order valence-corrected chi connectivity index (χ2v) is 3.91. The fourth-order valence-electron chi connectivity index (χ4n) is 1.33. The van der Waals surface area contributed by atoms with Gasteiger partial charge >= 0.3 is 6.03 Å². The molecule has 0 aromatic carbocycles. The van der Waals surface area contributed by atoms with Gasteiger partial charge in [0, 0.05) is 26.1 Å². The summed E-state index contributed by atoms with van der Waals surface area (Å²) in [5.74, 6) is -0.167. The number of hydrogen-bond acceptors (Lipinski definition) is 4. The predicted molar refractivity (Wildman–Crippen MR) is 69.1 cm³/mol. The van der Waals surface area contributed by atoms with E-state index >= 15 is 0 Å². The van der Waals surface area contributed by atoms with E-state index in [-0.39, 0.29) is 18.7 Å². The van der Waals surface area contributed by atoms with E-state index in [0.29, 0.717) is 12.2 Å². The topological polar surface area (TPSA) is 105 Å². The van der Waals surface area contributed by atoms with Gasteiger partial charge in [-0.25, -0.2) is 9.78 Å². The molecule has 0 saturated carbocycles. The lowest BCUT2D eigenvalue weighted by Gasteiger charge is -2.11. The van der Waals surface area contributed by atoms with Crippen molar-refractivity contribution in [2.75, 3.05) is 12.4 Å². The largest absolute Gasteiger partial charge is 0.351 e. The van der Waals surface area contributed by atoms with E-state index in [1.165, 1.54) is 7.05 Å². The minimum atomic E-state index is -0.803. The summed E-state index contributed by atoms with van der Waals surface area (Å²) in [5, 5.41) is 2.60. The van der Waals surface area contributed by atoms with Crippen LogP contribution < -0.4 is 11.1 Å². The monoisotopic (exact) mass is 264 g/mol. The summed E-state index contributed by atoms with van der Waals surface area (Å²) in [6.45, 7) is 0. The van der Waals surface area contributed by atoms with Crippen molar-refractivity contribution in [1.29, 1.82) is 0 Å². The van der Waals surface area contributed by atoms with Gasteiger partial charge in [-0.15, -0.1) is 0 Å². The molecular formula is C12H16N4O3. The van der Waals surface area contributed by atoms with Crippen LogP contribution in [0.3, 0.4) is 0 Å². The lowest BCUT2D eigenvalue weighted by molar-refractivity contribution is -0.127. The molecule has 102 valence electrons. The summed E-state index contributed by atoms with van der Waals surface area (Å²) in [4.78, 5) is 38.4. The summed E-state index contributed by atoms with van der Waals surface area (Å²) >= 11 is 0. The SMILES string of the molecule is CN(C(N)=O)C(=O)CCCC(=O)Nc1ccccn1. The van der Waals surface area contributed by atoms with Gasteiger partial charge < -0.3 is 11.1 Å². The second kappa shape index (κ2) is 7.10. The summed E-state index contributed by atoms with van der Waals surface area (Å²) < 4.78 is 0. The molecule has 7 nitrogen and oxygen atoms in total. The van der Waals surface area contributed by atoms with Crippen LogP contribution in [0.4, 0.5) is 10.6 Å². The number of primary amides is 1. The number of nitrogens with two attached hydrogens (primary N) is 1. The standard InChI is InChI=1S/C12H16N4O3/c1-16(12(13)19)11(18)7-4-6-10(17)15-9-5-2-3-8-14-9/h2-3,5,8H,4,6-7H2,1H3,(H2,13,19)(H,14,15,17). The fourth-order valence-corrected chi connectivity index (χ4v) is 1.33. The highest BCUT2D eigenvalue weighted by molar-refractivity contribution is 5.94. The van der Waals surface area contributed by atoms with E-state index in [2.05, 4.69) is 10.3 Å². The van der Waals surface area contributed by atoms with Crippen molar-refractivity contribution in [3.05, 3.63) is 24.4 Å². The third kappa shape index (κ3) is 5.15. The van der Waals surface area contributed by atoms with Gasteiger partial charge in [-0.3, -0.25) is 14.5 Å². The first-order valence-electron chi connectivity index (χ1n) is 5.77. The molecule has 0 spiro atoms. The molecule has 1 rings (SSSR count). The molecule has 0 aliphatic rings. The smallest absolute Gasteiger partial charge is 0.321 e. The third-order valence-electron chi connectivity index (χ3n) is 2.43. The van der Waals surface area contributed by atoms with Crippen LogP contribution in [0.25, 0.3) is 0 Å². The molecule has 0 fully saturated rings. The zero-order valence-corrected chi connectivity index (χ0v) is 10.6. The quantitative estimate of drug-likeness (QED) is 0.817. The maximum atomic E-state index is 11.5. The highest BCUT2D eigenvalue weighted by Crippen LogP contribution is 2.04. The summed E-state index contributed by atoms with van der Waals surface area (Å²) in [6.07, 6.45) is 2.18. The number of nitrogens with one attached hydrogen (secondary N) is 1. The Balaban J connectivity index is 2.28. The van der Waals surface area contributed by atoms with Crippen LogP contribution >= 0.6 is 0 Å². The average molecular weight is 264 g/mol. The van der Waals surface area contributed by atoms with Crippen molar-refractivity contribution in [1.82, 2.24) is 9.88 Å². The van der Waals surface area contributed by atoms with E-state index in [1.54, 1.807) is 24.4 Å². The molecule has 1 aromatic rings. The second-order valence-electron chi connectivity index (χ2n) is 3.91. The molecule has 19 heavy (non-hydrogen) atoms. The van der Waals surface area contributed by atoms with Gasteiger partial charge in [0.05, 0.1) is 0 Å². The number of nitrogens with zero attached hydrogens (tertiary/aromatic N) is 2. The molecule has 0 aliphatic heterocycles. The molecule has 0 radical (unpaired) electrons. The number of hydrogen-bond donors (Lipinski definition) is 2. The number of carbonyl (C=O) groups excluding carboxylic acids is 3. The first-order chi connectivity index (χ1) is 9.00. The molecular weight excluding hydrogens is 248 g/mol. The maximum Gasteiger partial charge on any atom is 0.321 e. The fraction of sp³-hybridized carbons (Fsp3) is 0.333. The van der Waals surface area contributed by atoms with Crippen LogP contribution in [0.15, 0.2) is 24.4 Å². The maximum absolute atomic E-state index is 11.5. The van der Waals surface area contributed by atoms with Crippen LogP contribution in [0.5, 0.6) is 0 Å². The molecule has 0 saturated heterocycles. The van der Waals surface area contributed by atoms with Gasteiger partial charge in [0.25, 0.3) is 0 Å². The Labute approximate surface area is 110 Å². The molecule has 0 aliphatic carbocycles. The molecule has 0 atom stereocenters. The van der Waals surface area contributed by atoms with Crippen molar-refractivity contribution >= 4 is 23.7 Å². The lowest BCUT2D eigenvalue weighted by atomic mass is 10.2.